The summed E-state index contributed by atoms with van der Waals surface area (Å²) in [7, 11) is 3.45. The van der Waals surface area contributed by atoms with Crippen LogP contribution < -0.4 is 26.9 Å². The summed E-state index contributed by atoms with van der Waals surface area (Å²) in [5.41, 5.74) is 9.81. The molecule has 0 radical (unpaired) electrons. The maximum atomic E-state index is 12.9. The molecule has 0 bridgehead atoms. The molecule has 0 spiro atoms. The molecule has 6 atom stereocenters. The van der Waals surface area contributed by atoms with Gasteiger partial charge in [0, 0.05) is 45.4 Å². The summed E-state index contributed by atoms with van der Waals surface area (Å²) in [6.45, 7) is 3.77. The molecule has 10 heteroatoms. The minimum atomic E-state index is -0.290. The number of hydrazine groups is 2. The van der Waals surface area contributed by atoms with E-state index in [1.165, 1.54) is 7.11 Å². The monoisotopic (exact) mass is 395 g/mol. The van der Waals surface area contributed by atoms with Gasteiger partial charge in [-0.2, -0.15) is 0 Å². The molecule has 6 unspecified atom stereocenters. The van der Waals surface area contributed by atoms with Gasteiger partial charge in [-0.3, -0.25) is 19.9 Å². The summed E-state index contributed by atoms with van der Waals surface area (Å²) in [6.07, 6.45) is 3.41. The Morgan fingerprint density at radius 2 is 2.04 bits per heavy atom. The zero-order valence-corrected chi connectivity index (χ0v) is 16.7. The number of esters is 1. The van der Waals surface area contributed by atoms with E-state index >= 15 is 0 Å². The molecule has 0 aromatic heterocycles. The van der Waals surface area contributed by atoms with Crippen LogP contribution in [0.25, 0.3) is 0 Å². The van der Waals surface area contributed by atoms with Gasteiger partial charge >= 0.3 is 5.97 Å². The first-order chi connectivity index (χ1) is 13.6. The van der Waals surface area contributed by atoms with E-state index in [2.05, 4.69) is 36.8 Å². The minimum Gasteiger partial charge on any atom is -0.469 e. The molecule has 4 fully saturated rings. The molecule has 0 aromatic rings. The number of amides is 1. The Hall–Kier alpha value is -1.30. The van der Waals surface area contributed by atoms with Crippen molar-refractivity contribution in [3.05, 3.63) is 0 Å². The second kappa shape index (κ2) is 8.60. The summed E-state index contributed by atoms with van der Waals surface area (Å²) in [6, 6.07) is -0.163. The quantitative estimate of drug-likeness (QED) is 0.343. The van der Waals surface area contributed by atoms with Crippen LogP contribution in [-0.4, -0.2) is 86.5 Å². The number of methoxy groups -OCH3 is 1. The maximum absolute atomic E-state index is 12.9. The van der Waals surface area contributed by atoms with E-state index in [9.17, 15) is 9.59 Å². The molecule has 0 aromatic carbocycles. The summed E-state index contributed by atoms with van der Waals surface area (Å²) in [5.74, 6) is -0.152. The fraction of sp³-hybridized carbons (Fsp3) is 0.889. The van der Waals surface area contributed by atoms with Crippen LogP contribution in [0.15, 0.2) is 0 Å². The Bertz CT molecular complexity index is 578. The lowest BCUT2D eigenvalue weighted by Gasteiger charge is -2.40. The smallest absolute Gasteiger partial charge is 0.310 e. The van der Waals surface area contributed by atoms with Gasteiger partial charge in [-0.1, -0.05) is 0 Å². The largest absolute Gasteiger partial charge is 0.469 e. The van der Waals surface area contributed by atoms with Gasteiger partial charge in [0.1, 0.15) is 6.04 Å². The number of rotatable bonds is 4. The van der Waals surface area contributed by atoms with Gasteiger partial charge in [0.25, 0.3) is 0 Å². The first-order valence-corrected chi connectivity index (χ1v) is 10.4. The normalized spacial score (nSPS) is 39.5. The average molecular weight is 396 g/mol. The van der Waals surface area contributed by atoms with Crippen LogP contribution in [-0.2, 0) is 14.3 Å². The standard InChI is InChI=1S/C18H33N7O3/c1-24-15-8-14(12(18(27)28-2)7-11(15)9-20-24)21-17(26)13-3-4-16(23-22-13)25-6-5-19-10-25/h11-16,19-20,22-23H,3-10H2,1-2H3,(H,21,26). The summed E-state index contributed by atoms with van der Waals surface area (Å²) in [5, 5.41) is 8.59. The first-order valence-electron chi connectivity index (χ1n) is 10.4. The molecule has 4 rings (SSSR count). The molecule has 4 aliphatic rings. The van der Waals surface area contributed by atoms with Crippen molar-refractivity contribution < 1.29 is 14.3 Å². The maximum Gasteiger partial charge on any atom is 0.310 e. The number of carbonyl (C=O) groups is 2. The highest BCUT2D eigenvalue weighted by molar-refractivity contribution is 5.83. The van der Waals surface area contributed by atoms with Crippen molar-refractivity contribution in [3.63, 3.8) is 0 Å². The third kappa shape index (κ3) is 4.03. The molecule has 3 heterocycles. The highest BCUT2D eigenvalue weighted by Gasteiger charge is 2.46. The van der Waals surface area contributed by atoms with E-state index < -0.39 is 0 Å². The van der Waals surface area contributed by atoms with Gasteiger partial charge in [-0.05, 0) is 31.6 Å². The van der Waals surface area contributed by atoms with Crippen LogP contribution in [0.2, 0.25) is 0 Å². The topological polar surface area (TPSA) is 110 Å². The number of hydrogen-bond donors (Lipinski definition) is 5. The van der Waals surface area contributed by atoms with Crippen molar-refractivity contribution in [3.8, 4) is 0 Å². The third-order valence-corrected chi connectivity index (χ3v) is 6.81. The zero-order valence-electron chi connectivity index (χ0n) is 16.7. The summed E-state index contributed by atoms with van der Waals surface area (Å²) >= 11 is 0. The van der Waals surface area contributed by atoms with Crippen LogP contribution in [0.3, 0.4) is 0 Å². The molecule has 158 valence electrons. The number of fused-ring (bicyclic) bond motifs is 1. The van der Waals surface area contributed by atoms with E-state index in [1.54, 1.807) is 0 Å². The van der Waals surface area contributed by atoms with Crippen LogP contribution in [0.4, 0.5) is 0 Å². The van der Waals surface area contributed by atoms with Crippen LogP contribution >= 0.6 is 0 Å². The van der Waals surface area contributed by atoms with E-state index in [4.69, 9.17) is 4.74 Å². The summed E-state index contributed by atoms with van der Waals surface area (Å²) in [4.78, 5) is 27.6. The molecular weight excluding hydrogens is 362 g/mol. The van der Waals surface area contributed by atoms with Gasteiger partial charge in [0.15, 0.2) is 0 Å². The fourth-order valence-electron chi connectivity index (χ4n) is 5.12. The van der Waals surface area contributed by atoms with Crippen molar-refractivity contribution >= 4 is 11.9 Å². The van der Waals surface area contributed by atoms with Crippen LogP contribution in [0, 0.1) is 11.8 Å². The molecule has 28 heavy (non-hydrogen) atoms. The first kappa shape index (κ1) is 20.0. The number of nitrogens with one attached hydrogen (secondary N) is 5. The van der Waals surface area contributed by atoms with Gasteiger partial charge in [-0.25, -0.2) is 15.9 Å². The van der Waals surface area contributed by atoms with Crippen LogP contribution in [0.5, 0.6) is 0 Å². The number of hydrogen-bond acceptors (Lipinski definition) is 9. The Labute approximate surface area is 166 Å². The second-order valence-electron chi connectivity index (χ2n) is 8.42. The lowest BCUT2D eigenvalue weighted by Crippen LogP contribution is -2.63. The molecular formula is C18H33N7O3. The molecule has 1 saturated carbocycles. The Kier molecular flexibility index (Phi) is 6.14. The average Bonchev–Trinajstić information content (AvgIpc) is 3.37. The van der Waals surface area contributed by atoms with Crippen molar-refractivity contribution in [1.82, 2.24) is 36.8 Å². The lowest BCUT2D eigenvalue weighted by atomic mass is 9.75. The van der Waals surface area contributed by atoms with Gasteiger partial charge in [0.05, 0.1) is 19.2 Å². The Morgan fingerprint density at radius 3 is 2.71 bits per heavy atom. The highest BCUT2D eigenvalue weighted by Crippen LogP contribution is 2.35. The van der Waals surface area contributed by atoms with Gasteiger partial charge in [-0.15, -0.1) is 0 Å². The lowest BCUT2D eigenvalue weighted by molar-refractivity contribution is -0.149. The summed E-state index contributed by atoms with van der Waals surface area (Å²) < 4.78 is 5.03. The second-order valence-corrected chi connectivity index (χ2v) is 8.42. The molecule has 3 aliphatic heterocycles. The molecule has 10 nitrogen and oxygen atoms in total. The zero-order chi connectivity index (χ0) is 19.7. The number of ether oxygens (including phenoxy) is 1. The molecule has 5 N–H and O–H groups in total. The van der Waals surface area contributed by atoms with Crippen molar-refractivity contribution in [2.75, 3.05) is 40.5 Å². The Balaban J connectivity index is 1.34. The predicted molar refractivity (Wildman–Crippen MR) is 102 cm³/mol. The fourth-order valence-corrected chi connectivity index (χ4v) is 5.12. The van der Waals surface area contributed by atoms with Crippen molar-refractivity contribution in [1.29, 1.82) is 0 Å². The molecule has 3 saturated heterocycles. The van der Waals surface area contributed by atoms with Gasteiger partial charge in [0.2, 0.25) is 5.91 Å². The SMILES string of the molecule is COC(=O)C1CC2CNN(C)C2CC1NC(=O)C1CCC(N2CCNC2)NN1. The Morgan fingerprint density at radius 1 is 1.18 bits per heavy atom. The highest BCUT2D eigenvalue weighted by atomic mass is 16.5. The minimum absolute atomic E-state index is 0.0449. The molecule has 1 aliphatic carbocycles. The van der Waals surface area contributed by atoms with Crippen molar-refractivity contribution in [2.45, 2.75) is 50.0 Å². The number of nitrogens with zero attached hydrogens (tertiary/aromatic N) is 2. The van der Waals surface area contributed by atoms with Crippen LogP contribution in [0.1, 0.15) is 25.7 Å². The number of carbonyl (C=O) groups excluding carboxylic acids is 2. The van der Waals surface area contributed by atoms with E-state index in [0.717, 1.165) is 52.0 Å². The van der Waals surface area contributed by atoms with Gasteiger partial charge < -0.3 is 15.4 Å². The van der Waals surface area contributed by atoms with E-state index in [0.29, 0.717) is 12.0 Å². The van der Waals surface area contributed by atoms with E-state index in [-0.39, 0.29) is 36.0 Å². The third-order valence-electron chi connectivity index (χ3n) is 6.81. The van der Waals surface area contributed by atoms with Crippen molar-refractivity contribution in [2.24, 2.45) is 11.8 Å². The predicted octanol–water partition coefficient (Wildman–Crippen LogP) is -2.07. The van der Waals surface area contributed by atoms with E-state index in [1.807, 2.05) is 7.05 Å². The molecule has 1 amide bonds.